The SMILES string of the molecule is C=C[SiH](C)C1CCCOC1. The summed E-state index contributed by atoms with van der Waals surface area (Å²) in [5.41, 5.74) is 3.03. The van der Waals surface area contributed by atoms with Crippen LogP contribution in [0.15, 0.2) is 12.3 Å². The first-order valence-corrected chi connectivity index (χ1v) is 6.53. The topological polar surface area (TPSA) is 9.23 Å². The van der Waals surface area contributed by atoms with Gasteiger partial charge in [-0.05, 0) is 18.4 Å². The predicted octanol–water partition coefficient (Wildman–Crippen LogP) is 1.75. The van der Waals surface area contributed by atoms with Crippen molar-refractivity contribution in [3.05, 3.63) is 12.3 Å². The highest BCUT2D eigenvalue weighted by atomic mass is 28.3. The van der Waals surface area contributed by atoms with Crippen molar-refractivity contribution in [3.63, 3.8) is 0 Å². The minimum atomic E-state index is -0.624. The highest BCUT2D eigenvalue weighted by Crippen LogP contribution is 2.22. The van der Waals surface area contributed by atoms with Crippen LogP contribution in [0.2, 0.25) is 12.1 Å². The second kappa shape index (κ2) is 3.94. The Bertz CT molecular complexity index is 108. The van der Waals surface area contributed by atoms with Crippen molar-refractivity contribution >= 4 is 8.80 Å². The zero-order chi connectivity index (χ0) is 7.40. The van der Waals surface area contributed by atoms with Crippen LogP contribution in [0.5, 0.6) is 0 Å². The molecule has 0 spiro atoms. The third-order valence-corrected chi connectivity index (χ3v) is 5.07. The third kappa shape index (κ3) is 1.96. The van der Waals surface area contributed by atoms with Crippen molar-refractivity contribution in [1.82, 2.24) is 0 Å². The van der Waals surface area contributed by atoms with Crippen LogP contribution in [0.4, 0.5) is 0 Å². The van der Waals surface area contributed by atoms with Crippen molar-refractivity contribution < 1.29 is 4.74 Å². The second-order valence-electron chi connectivity index (χ2n) is 3.07. The molecule has 58 valence electrons. The van der Waals surface area contributed by atoms with Gasteiger partial charge < -0.3 is 4.74 Å². The molecule has 1 rings (SSSR count). The van der Waals surface area contributed by atoms with Gasteiger partial charge in [-0.2, -0.15) is 0 Å². The Morgan fingerprint density at radius 3 is 3.00 bits per heavy atom. The van der Waals surface area contributed by atoms with E-state index in [9.17, 15) is 0 Å². The molecule has 0 aliphatic carbocycles. The van der Waals surface area contributed by atoms with Gasteiger partial charge in [-0.3, -0.25) is 0 Å². The van der Waals surface area contributed by atoms with Gasteiger partial charge in [-0.15, -0.1) is 12.3 Å². The lowest BCUT2D eigenvalue weighted by molar-refractivity contribution is 0.0962. The van der Waals surface area contributed by atoms with Gasteiger partial charge in [0.15, 0.2) is 0 Å². The first kappa shape index (κ1) is 8.02. The fraction of sp³-hybridized carbons (Fsp3) is 0.750. The van der Waals surface area contributed by atoms with Crippen molar-refractivity contribution in [2.75, 3.05) is 13.2 Å². The van der Waals surface area contributed by atoms with Crippen LogP contribution in [-0.2, 0) is 4.74 Å². The summed E-state index contributed by atoms with van der Waals surface area (Å²) in [6, 6.07) is 0. The van der Waals surface area contributed by atoms with Crippen LogP contribution in [0.25, 0.3) is 0 Å². The van der Waals surface area contributed by atoms with Gasteiger partial charge >= 0.3 is 0 Å². The molecule has 1 fully saturated rings. The molecule has 0 amide bonds. The molecule has 0 bridgehead atoms. The van der Waals surface area contributed by atoms with Crippen molar-refractivity contribution in [3.8, 4) is 0 Å². The molecule has 1 heterocycles. The Balaban J connectivity index is 2.30. The third-order valence-electron chi connectivity index (χ3n) is 2.31. The number of hydrogen-bond acceptors (Lipinski definition) is 1. The van der Waals surface area contributed by atoms with E-state index >= 15 is 0 Å². The summed E-state index contributed by atoms with van der Waals surface area (Å²) < 4.78 is 5.39. The van der Waals surface area contributed by atoms with E-state index in [1.165, 1.54) is 12.8 Å². The van der Waals surface area contributed by atoms with Crippen LogP contribution < -0.4 is 0 Å². The van der Waals surface area contributed by atoms with E-state index in [2.05, 4.69) is 18.8 Å². The lowest BCUT2D eigenvalue weighted by Crippen LogP contribution is -2.23. The van der Waals surface area contributed by atoms with Crippen LogP contribution in [0.3, 0.4) is 0 Å². The number of rotatable bonds is 2. The molecule has 0 aromatic rings. The molecular formula is C8H16OSi. The molecule has 0 aromatic heterocycles. The lowest BCUT2D eigenvalue weighted by Gasteiger charge is -2.24. The van der Waals surface area contributed by atoms with Crippen molar-refractivity contribution in [2.24, 2.45) is 0 Å². The minimum absolute atomic E-state index is 0.624. The zero-order valence-corrected chi connectivity index (χ0v) is 7.83. The van der Waals surface area contributed by atoms with Crippen LogP contribution >= 0.6 is 0 Å². The maximum absolute atomic E-state index is 5.39. The highest BCUT2D eigenvalue weighted by molar-refractivity contribution is 6.64. The van der Waals surface area contributed by atoms with Gasteiger partial charge in [0.2, 0.25) is 0 Å². The van der Waals surface area contributed by atoms with Gasteiger partial charge in [-0.25, -0.2) is 0 Å². The molecule has 1 aliphatic rings. The Labute approximate surface area is 64.7 Å². The molecule has 2 unspecified atom stereocenters. The Morgan fingerprint density at radius 1 is 1.70 bits per heavy atom. The smallest absolute Gasteiger partial charge is 0.0631 e. The lowest BCUT2D eigenvalue weighted by atomic mass is 10.2. The van der Waals surface area contributed by atoms with E-state index in [-0.39, 0.29) is 0 Å². The van der Waals surface area contributed by atoms with E-state index in [4.69, 9.17) is 4.74 Å². The fourth-order valence-corrected chi connectivity index (χ4v) is 2.96. The van der Waals surface area contributed by atoms with E-state index in [0.29, 0.717) is 0 Å². The van der Waals surface area contributed by atoms with Gasteiger partial charge in [-0.1, -0.05) is 6.55 Å². The molecule has 1 saturated heterocycles. The maximum Gasteiger partial charge on any atom is 0.0631 e. The Hall–Kier alpha value is -0.0831. The van der Waals surface area contributed by atoms with Gasteiger partial charge in [0, 0.05) is 13.2 Å². The maximum atomic E-state index is 5.39. The van der Waals surface area contributed by atoms with E-state index < -0.39 is 8.80 Å². The molecule has 2 heteroatoms. The molecule has 2 atom stereocenters. The van der Waals surface area contributed by atoms with Crippen molar-refractivity contribution in [2.45, 2.75) is 24.9 Å². The molecule has 10 heavy (non-hydrogen) atoms. The van der Waals surface area contributed by atoms with E-state index in [0.717, 1.165) is 18.8 Å². The second-order valence-corrected chi connectivity index (χ2v) is 6.20. The normalized spacial score (nSPS) is 29.5. The standard InChI is InChI=1S/C8H16OSi/c1-3-10(2)8-5-4-6-9-7-8/h3,8,10H,1,4-7H2,2H3. The van der Waals surface area contributed by atoms with Crippen molar-refractivity contribution in [1.29, 1.82) is 0 Å². The summed E-state index contributed by atoms with van der Waals surface area (Å²) in [7, 11) is -0.624. The molecule has 1 nitrogen and oxygen atoms in total. The average molecular weight is 156 g/mol. The summed E-state index contributed by atoms with van der Waals surface area (Å²) in [5, 5.41) is 0. The van der Waals surface area contributed by atoms with Crippen LogP contribution in [-0.4, -0.2) is 22.0 Å². The van der Waals surface area contributed by atoms with Crippen LogP contribution in [0, 0.1) is 0 Å². The summed E-state index contributed by atoms with van der Waals surface area (Å²) >= 11 is 0. The number of hydrogen-bond donors (Lipinski definition) is 0. The Kier molecular flexibility index (Phi) is 3.16. The summed E-state index contributed by atoms with van der Waals surface area (Å²) in [4.78, 5) is 0. The van der Waals surface area contributed by atoms with Gasteiger partial charge in [0.1, 0.15) is 0 Å². The van der Waals surface area contributed by atoms with Crippen LogP contribution in [0.1, 0.15) is 12.8 Å². The predicted molar refractivity (Wildman–Crippen MR) is 47.0 cm³/mol. The first-order valence-electron chi connectivity index (χ1n) is 4.05. The molecule has 0 saturated carbocycles. The van der Waals surface area contributed by atoms with Gasteiger partial charge in [0.05, 0.1) is 8.80 Å². The summed E-state index contributed by atoms with van der Waals surface area (Å²) in [6.45, 7) is 8.18. The van der Waals surface area contributed by atoms with E-state index in [1.807, 2.05) is 0 Å². The zero-order valence-electron chi connectivity index (χ0n) is 6.68. The summed E-state index contributed by atoms with van der Waals surface area (Å²) in [5.74, 6) is 0. The Morgan fingerprint density at radius 2 is 2.50 bits per heavy atom. The average Bonchev–Trinajstić information content (AvgIpc) is 2.05. The fourth-order valence-electron chi connectivity index (χ4n) is 1.37. The molecular weight excluding hydrogens is 140 g/mol. The molecule has 0 N–H and O–H groups in total. The number of ether oxygens (including phenoxy) is 1. The van der Waals surface area contributed by atoms with E-state index in [1.54, 1.807) is 0 Å². The minimum Gasteiger partial charge on any atom is -0.381 e. The first-order chi connectivity index (χ1) is 4.84. The largest absolute Gasteiger partial charge is 0.381 e. The quantitative estimate of drug-likeness (QED) is 0.553. The summed E-state index contributed by atoms with van der Waals surface area (Å²) in [6.07, 6.45) is 2.63. The molecule has 0 aromatic carbocycles. The monoisotopic (exact) mass is 156 g/mol. The molecule has 0 radical (unpaired) electrons. The molecule has 1 aliphatic heterocycles. The van der Waals surface area contributed by atoms with Gasteiger partial charge in [0.25, 0.3) is 0 Å². The highest BCUT2D eigenvalue weighted by Gasteiger charge is 2.18.